The van der Waals surface area contributed by atoms with E-state index in [4.69, 9.17) is 0 Å². The molecule has 0 aliphatic carbocycles. The lowest BCUT2D eigenvalue weighted by Gasteiger charge is -2.26. The van der Waals surface area contributed by atoms with Crippen LogP contribution >= 0.6 is 0 Å². The van der Waals surface area contributed by atoms with Gasteiger partial charge in [0.25, 0.3) is 0 Å². The summed E-state index contributed by atoms with van der Waals surface area (Å²) in [6.45, 7) is 4.00. The van der Waals surface area contributed by atoms with Crippen molar-refractivity contribution in [3.63, 3.8) is 0 Å². The predicted molar refractivity (Wildman–Crippen MR) is 266 cm³/mol. The van der Waals surface area contributed by atoms with Crippen molar-refractivity contribution < 1.29 is 0 Å². The lowest BCUT2D eigenvalue weighted by atomic mass is 9.93. The third-order valence-corrected chi connectivity index (χ3v) is 11.7. The van der Waals surface area contributed by atoms with E-state index in [0.29, 0.717) is 0 Å². The first-order valence-corrected chi connectivity index (χ1v) is 21.6. The van der Waals surface area contributed by atoms with Gasteiger partial charge in [-0.1, -0.05) is 184 Å². The van der Waals surface area contributed by atoms with Crippen LogP contribution in [0.15, 0.2) is 243 Å². The molecule has 0 saturated carbocycles. The van der Waals surface area contributed by atoms with Crippen LogP contribution in [0.4, 0.5) is 17.1 Å². The van der Waals surface area contributed by atoms with Crippen LogP contribution in [-0.2, 0) is 0 Å². The largest absolute Gasteiger partial charge is 0.310 e. The van der Waals surface area contributed by atoms with Crippen molar-refractivity contribution in [2.75, 3.05) is 4.90 Å². The molecule has 1 heterocycles. The summed E-state index contributed by atoms with van der Waals surface area (Å²) in [6.07, 6.45) is 0. The maximum atomic E-state index is 2.44. The van der Waals surface area contributed by atoms with E-state index in [9.17, 15) is 0 Å². The molecule has 0 bridgehead atoms. The SMILES string of the molecule is CC.c1ccc(-c2cc(-c3ccccc3)cc(-n3c4ccccc4c4cc(-c5ccccc5-c5cccc(N(c6ccccc6)c6ccc7ccccc7c6)c5)ccc43)c2)cc1. The number of aromatic nitrogens is 1. The Morgan fingerprint density at radius 1 is 0.290 bits per heavy atom. The molecule has 0 unspecified atom stereocenters. The second-order valence-corrected chi connectivity index (χ2v) is 15.4. The van der Waals surface area contributed by atoms with Crippen LogP contribution < -0.4 is 4.90 Å². The molecule has 2 heteroatoms. The first kappa shape index (κ1) is 38.3. The average molecular weight is 795 g/mol. The van der Waals surface area contributed by atoms with Crippen LogP contribution in [0.2, 0.25) is 0 Å². The second-order valence-electron chi connectivity index (χ2n) is 15.4. The molecule has 0 N–H and O–H groups in total. The van der Waals surface area contributed by atoms with Gasteiger partial charge >= 0.3 is 0 Å². The highest BCUT2D eigenvalue weighted by atomic mass is 15.1. The first-order chi connectivity index (χ1) is 30.7. The number of fused-ring (bicyclic) bond motifs is 4. The Balaban J connectivity index is 0.00000226. The summed E-state index contributed by atoms with van der Waals surface area (Å²) in [5.74, 6) is 0. The number of benzene rings is 10. The maximum absolute atomic E-state index is 2.44. The second kappa shape index (κ2) is 17.0. The van der Waals surface area contributed by atoms with Crippen LogP contribution in [0.5, 0.6) is 0 Å². The molecule has 2 nitrogen and oxygen atoms in total. The van der Waals surface area contributed by atoms with Crippen molar-refractivity contribution in [2.24, 2.45) is 0 Å². The molecule has 11 rings (SSSR count). The van der Waals surface area contributed by atoms with Gasteiger partial charge in [0.2, 0.25) is 0 Å². The number of nitrogens with zero attached hydrogens (tertiary/aromatic N) is 2. The quantitative estimate of drug-likeness (QED) is 0.149. The van der Waals surface area contributed by atoms with Gasteiger partial charge in [0.1, 0.15) is 0 Å². The first-order valence-electron chi connectivity index (χ1n) is 21.6. The summed E-state index contributed by atoms with van der Waals surface area (Å²) in [7, 11) is 0. The molecule has 1 aromatic heterocycles. The van der Waals surface area contributed by atoms with E-state index in [2.05, 4.69) is 252 Å². The molecule has 62 heavy (non-hydrogen) atoms. The van der Waals surface area contributed by atoms with Gasteiger partial charge in [-0.05, 0) is 128 Å². The summed E-state index contributed by atoms with van der Waals surface area (Å²) < 4.78 is 2.44. The topological polar surface area (TPSA) is 8.17 Å². The van der Waals surface area contributed by atoms with Gasteiger partial charge in [0, 0.05) is 33.5 Å². The van der Waals surface area contributed by atoms with E-state index >= 15 is 0 Å². The van der Waals surface area contributed by atoms with Crippen LogP contribution in [-0.4, -0.2) is 4.57 Å². The molecule has 0 fully saturated rings. The van der Waals surface area contributed by atoms with Crippen LogP contribution in [0.3, 0.4) is 0 Å². The van der Waals surface area contributed by atoms with Gasteiger partial charge in [-0.25, -0.2) is 0 Å². The van der Waals surface area contributed by atoms with E-state index in [-0.39, 0.29) is 0 Å². The van der Waals surface area contributed by atoms with Crippen molar-refractivity contribution in [2.45, 2.75) is 13.8 Å². The zero-order valence-electron chi connectivity index (χ0n) is 35.0. The minimum Gasteiger partial charge on any atom is -0.310 e. The normalized spacial score (nSPS) is 11.1. The summed E-state index contributed by atoms with van der Waals surface area (Å²) in [5.41, 5.74) is 16.4. The van der Waals surface area contributed by atoms with Gasteiger partial charge < -0.3 is 9.47 Å². The Kier molecular flexibility index (Phi) is 10.5. The number of para-hydroxylation sites is 2. The van der Waals surface area contributed by atoms with Crippen LogP contribution in [0.25, 0.3) is 82.8 Å². The molecule has 296 valence electrons. The van der Waals surface area contributed by atoms with Gasteiger partial charge in [0.15, 0.2) is 0 Å². The Morgan fingerprint density at radius 3 is 1.50 bits per heavy atom. The molecule has 0 spiro atoms. The third kappa shape index (κ3) is 7.23. The fourth-order valence-electron chi connectivity index (χ4n) is 8.89. The van der Waals surface area contributed by atoms with Crippen molar-refractivity contribution in [3.05, 3.63) is 243 Å². The van der Waals surface area contributed by atoms with Gasteiger partial charge in [-0.15, -0.1) is 0 Å². The van der Waals surface area contributed by atoms with Crippen molar-refractivity contribution >= 4 is 49.6 Å². The molecular weight excluding hydrogens is 749 g/mol. The number of hydrogen-bond acceptors (Lipinski definition) is 1. The average Bonchev–Trinajstić information content (AvgIpc) is 3.69. The van der Waals surface area contributed by atoms with Crippen molar-refractivity contribution in [1.29, 1.82) is 0 Å². The minimum absolute atomic E-state index is 1.11. The van der Waals surface area contributed by atoms with E-state index in [1.165, 1.54) is 77.1 Å². The van der Waals surface area contributed by atoms with E-state index in [0.717, 1.165) is 22.7 Å². The molecule has 0 saturated heterocycles. The Bertz CT molecular complexity index is 3250. The molecule has 0 atom stereocenters. The van der Waals surface area contributed by atoms with Crippen LogP contribution in [0.1, 0.15) is 13.8 Å². The van der Waals surface area contributed by atoms with Gasteiger partial charge in [0.05, 0.1) is 11.0 Å². The lowest BCUT2D eigenvalue weighted by Crippen LogP contribution is -2.09. The van der Waals surface area contributed by atoms with E-state index in [1.807, 2.05) is 13.8 Å². The molecule has 10 aromatic carbocycles. The third-order valence-electron chi connectivity index (χ3n) is 11.7. The zero-order chi connectivity index (χ0) is 41.8. The van der Waals surface area contributed by atoms with E-state index in [1.54, 1.807) is 0 Å². The van der Waals surface area contributed by atoms with Crippen molar-refractivity contribution in [3.8, 4) is 50.2 Å². The number of hydrogen-bond donors (Lipinski definition) is 0. The highest BCUT2D eigenvalue weighted by Gasteiger charge is 2.18. The van der Waals surface area contributed by atoms with Gasteiger partial charge in [-0.2, -0.15) is 0 Å². The zero-order valence-corrected chi connectivity index (χ0v) is 35.0. The molecular formula is C60H46N2. The Hall–Kier alpha value is -7.94. The summed E-state index contributed by atoms with van der Waals surface area (Å²) >= 11 is 0. The van der Waals surface area contributed by atoms with Gasteiger partial charge in [-0.3, -0.25) is 0 Å². The number of anilines is 3. The molecule has 0 radical (unpaired) electrons. The van der Waals surface area contributed by atoms with Crippen LogP contribution in [0, 0.1) is 0 Å². The fourth-order valence-corrected chi connectivity index (χ4v) is 8.89. The Labute approximate surface area is 364 Å². The highest BCUT2D eigenvalue weighted by Crippen LogP contribution is 2.42. The summed E-state index contributed by atoms with van der Waals surface area (Å²) in [5, 5.41) is 4.91. The van der Waals surface area contributed by atoms with Crippen molar-refractivity contribution in [1.82, 2.24) is 4.57 Å². The minimum atomic E-state index is 1.11. The van der Waals surface area contributed by atoms with E-state index < -0.39 is 0 Å². The lowest BCUT2D eigenvalue weighted by molar-refractivity contribution is 1.18. The molecule has 0 aliphatic rings. The molecule has 0 aliphatic heterocycles. The smallest absolute Gasteiger partial charge is 0.0541 e. The number of rotatable bonds is 8. The maximum Gasteiger partial charge on any atom is 0.0541 e. The summed E-state index contributed by atoms with van der Waals surface area (Å²) in [4.78, 5) is 2.36. The molecule has 11 aromatic rings. The molecule has 0 amide bonds. The Morgan fingerprint density at radius 2 is 0.806 bits per heavy atom. The fraction of sp³-hybridized carbons (Fsp3) is 0.0333. The predicted octanol–water partition coefficient (Wildman–Crippen LogP) is 17.1. The highest BCUT2D eigenvalue weighted by molar-refractivity contribution is 6.11. The monoisotopic (exact) mass is 794 g/mol. The summed E-state index contributed by atoms with van der Waals surface area (Å²) in [6, 6.07) is 87.9. The standard InChI is InChI=1S/C58H40N2.C2H6/c1-4-17-41(18-5-1)47-35-48(42-19-6-2-7-20-42)39-52(38-47)60-57-30-15-14-29-55(57)56-40-46(32-34-58(56)60)54-28-13-12-27-53(54)45-23-16-26-50(37-45)59(49-24-8-3-9-25-49)51-33-31-43-21-10-11-22-44(43)36-51;1-2/h1-40H;1-2H3.